The summed E-state index contributed by atoms with van der Waals surface area (Å²) in [6.45, 7) is 4.74. The number of nitrogens with zero attached hydrogens (tertiary/aromatic N) is 1. The van der Waals surface area contributed by atoms with Crippen molar-refractivity contribution < 1.29 is 38.2 Å². The Balaban J connectivity index is 4.36. The molecule has 0 aliphatic rings. The Morgan fingerprint density at radius 2 is 0.917 bits per heavy atom. The van der Waals surface area contributed by atoms with Crippen molar-refractivity contribution in [2.45, 2.75) is 199 Å². The minimum absolute atomic E-state index is 0.0427. The van der Waals surface area contributed by atoms with E-state index in [4.69, 9.17) is 14.2 Å². The second kappa shape index (κ2) is 32.5. The van der Waals surface area contributed by atoms with Gasteiger partial charge in [0, 0.05) is 19.3 Å². The number of hydrogen-bond donors (Lipinski definition) is 1. The molecule has 0 aromatic carbocycles. The van der Waals surface area contributed by atoms with Crippen molar-refractivity contribution in [1.29, 1.82) is 0 Å². The first-order chi connectivity index (χ1) is 23.1. The zero-order chi connectivity index (χ0) is 35.7. The van der Waals surface area contributed by atoms with E-state index in [0.717, 1.165) is 38.5 Å². The van der Waals surface area contributed by atoms with E-state index in [-0.39, 0.29) is 36.2 Å². The van der Waals surface area contributed by atoms with Crippen LogP contribution in [0.25, 0.3) is 0 Å². The molecule has 0 radical (unpaired) electrons. The molecule has 0 aromatic heterocycles. The smallest absolute Gasteiger partial charge is 0.362 e. The van der Waals surface area contributed by atoms with Gasteiger partial charge in [0.2, 0.25) is 0 Å². The molecule has 284 valence electrons. The van der Waals surface area contributed by atoms with Crippen molar-refractivity contribution >= 4 is 17.9 Å². The third-order valence-corrected chi connectivity index (χ3v) is 9.26. The number of aliphatic carboxylic acids is 1. The van der Waals surface area contributed by atoms with Gasteiger partial charge in [-0.3, -0.25) is 9.59 Å². The summed E-state index contributed by atoms with van der Waals surface area (Å²) >= 11 is 0. The predicted molar refractivity (Wildman–Crippen MR) is 197 cm³/mol. The van der Waals surface area contributed by atoms with Crippen molar-refractivity contribution in [3.63, 3.8) is 0 Å². The minimum Gasteiger partial charge on any atom is -0.477 e. The van der Waals surface area contributed by atoms with Gasteiger partial charge in [-0.1, -0.05) is 155 Å². The summed E-state index contributed by atoms with van der Waals surface area (Å²) in [5, 5.41) is 9.58. The third-order valence-electron chi connectivity index (χ3n) is 9.26. The number of ether oxygens (including phenoxy) is 3. The van der Waals surface area contributed by atoms with Crippen molar-refractivity contribution in [2.75, 3.05) is 41.0 Å². The van der Waals surface area contributed by atoms with Gasteiger partial charge in [-0.25, -0.2) is 4.79 Å². The molecule has 0 aliphatic carbocycles. The Kier molecular flexibility index (Phi) is 31.4. The van der Waals surface area contributed by atoms with Crippen molar-refractivity contribution in [3.8, 4) is 0 Å². The summed E-state index contributed by atoms with van der Waals surface area (Å²) in [5.41, 5.74) is 0. The monoisotopic (exact) mass is 685 g/mol. The highest BCUT2D eigenvalue weighted by Gasteiger charge is 2.31. The second-order valence-corrected chi connectivity index (χ2v) is 14.9. The Morgan fingerprint density at radius 3 is 1.29 bits per heavy atom. The molecule has 0 aromatic rings. The molecule has 0 saturated carbocycles. The van der Waals surface area contributed by atoms with Gasteiger partial charge >= 0.3 is 17.9 Å². The first-order valence-electron chi connectivity index (χ1n) is 20.1. The number of rotatable bonds is 36. The number of carboxylic acid groups (broad SMARTS) is 1. The number of likely N-dealkylation sites (N-methyl/N-ethyl adjacent to an activating group) is 1. The maximum absolute atomic E-state index is 12.6. The van der Waals surface area contributed by atoms with E-state index in [1.165, 1.54) is 116 Å². The molecule has 0 amide bonds. The Morgan fingerprint density at radius 1 is 0.542 bits per heavy atom. The second-order valence-electron chi connectivity index (χ2n) is 14.9. The van der Waals surface area contributed by atoms with Crippen LogP contribution in [0.2, 0.25) is 0 Å². The van der Waals surface area contributed by atoms with Crippen LogP contribution in [-0.2, 0) is 28.6 Å². The average molecular weight is 685 g/mol. The molecule has 8 nitrogen and oxygen atoms in total. The zero-order valence-electron chi connectivity index (χ0n) is 32.2. The molecule has 0 rings (SSSR count). The van der Waals surface area contributed by atoms with Crippen molar-refractivity contribution in [2.24, 2.45) is 0 Å². The zero-order valence-corrected chi connectivity index (χ0v) is 32.2. The van der Waals surface area contributed by atoms with Gasteiger partial charge < -0.3 is 23.8 Å². The maximum atomic E-state index is 12.6. The highest BCUT2D eigenvalue weighted by Crippen LogP contribution is 2.15. The Labute approximate surface area is 296 Å². The molecule has 0 aliphatic heterocycles. The highest BCUT2D eigenvalue weighted by molar-refractivity contribution is 5.72. The lowest BCUT2D eigenvalue weighted by molar-refractivity contribution is -0.887. The van der Waals surface area contributed by atoms with Gasteiger partial charge in [-0.2, -0.15) is 0 Å². The number of carbonyl (C=O) groups excluding carboxylic acids is 2. The van der Waals surface area contributed by atoms with E-state index in [9.17, 15) is 19.5 Å². The highest BCUT2D eigenvalue weighted by atomic mass is 16.6. The molecule has 0 spiro atoms. The van der Waals surface area contributed by atoms with Gasteiger partial charge in [0.05, 0.1) is 34.4 Å². The number of esters is 2. The van der Waals surface area contributed by atoms with Crippen LogP contribution in [-0.4, -0.2) is 80.6 Å². The molecule has 0 bridgehead atoms. The van der Waals surface area contributed by atoms with Crippen LogP contribution in [0.1, 0.15) is 187 Å². The lowest BCUT2D eigenvalue weighted by atomic mass is 10.0. The normalized spacial score (nSPS) is 12.9. The topological polar surface area (TPSA) is 99.1 Å². The molecule has 48 heavy (non-hydrogen) atoms. The molecule has 1 N–H and O–H groups in total. The van der Waals surface area contributed by atoms with Crippen LogP contribution in [0, 0.1) is 0 Å². The standard InChI is InChI=1S/C40H77NO7/c1-6-8-10-12-14-16-18-19-21-22-24-26-28-30-38(42)47-35-36(34-46-33-32-37(40(44)45)41(3,4)5)48-39(43)31-29-27-25-23-20-17-15-13-11-9-7-2/h36-37H,6-35H2,1-5H3/p+1. The van der Waals surface area contributed by atoms with Gasteiger partial charge in [-0.15, -0.1) is 0 Å². The third kappa shape index (κ3) is 30.4. The van der Waals surface area contributed by atoms with Crippen LogP contribution in [0.5, 0.6) is 0 Å². The fraction of sp³-hybridized carbons (Fsp3) is 0.925. The first kappa shape index (κ1) is 46.3. The number of quaternary nitrogens is 1. The molecule has 2 atom stereocenters. The van der Waals surface area contributed by atoms with Crippen LogP contribution in [0.15, 0.2) is 0 Å². The molecule has 2 unspecified atom stereocenters. The van der Waals surface area contributed by atoms with Crippen molar-refractivity contribution in [1.82, 2.24) is 0 Å². The van der Waals surface area contributed by atoms with E-state index in [1.54, 1.807) is 0 Å². The lowest BCUT2D eigenvalue weighted by Gasteiger charge is -2.31. The average Bonchev–Trinajstić information content (AvgIpc) is 3.03. The van der Waals surface area contributed by atoms with E-state index >= 15 is 0 Å². The number of carboxylic acids is 1. The number of unbranched alkanes of at least 4 members (excludes halogenated alkanes) is 22. The predicted octanol–water partition coefficient (Wildman–Crippen LogP) is 10.2. The maximum Gasteiger partial charge on any atom is 0.362 e. The first-order valence-corrected chi connectivity index (χ1v) is 20.1. The quantitative estimate of drug-likeness (QED) is 0.0398. The van der Waals surface area contributed by atoms with Gasteiger partial charge in [0.25, 0.3) is 0 Å². The summed E-state index contributed by atoms with van der Waals surface area (Å²) in [6, 6.07) is -0.606. The van der Waals surface area contributed by atoms with Gasteiger partial charge in [0.1, 0.15) is 6.61 Å². The lowest BCUT2D eigenvalue weighted by Crippen LogP contribution is -2.50. The van der Waals surface area contributed by atoms with Crippen LogP contribution in [0.3, 0.4) is 0 Å². The summed E-state index contributed by atoms with van der Waals surface area (Å²) in [5.74, 6) is -1.45. The minimum atomic E-state index is -0.872. The van der Waals surface area contributed by atoms with E-state index in [1.807, 2.05) is 21.1 Å². The summed E-state index contributed by atoms with van der Waals surface area (Å²) in [6.07, 6.45) is 29.9. The van der Waals surface area contributed by atoms with Crippen LogP contribution in [0.4, 0.5) is 0 Å². The summed E-state index contributed by atoms with van der Waals surface area (Å²) in [7, 11) is 5.53. The van der Waals surface area contributed by atoms with Crippen molar-refractivity contribution in [3.05, 3.63) is 0 Å². The van der Waals surface area contributed by atoms with E-state index in [0.29, 0.717) is 19.3 Å². The van der Waals surface area contributed by atoms with Crippen LogP contribution < -0.4 is 0 Å². The fourth-order valence-electron chi connectivity index (χ4n) is 6.09. The Bertz CT molecular complexity index is 767. The molecule has 8 heteroatoms. The molecule has 0 fully saturated rings. The largest absolute Gasteiger partial charge is 0.477 e. The molecular weight excluding hydrogens is 606 g/mol. The number of hydrogen-bond acceptors (Lipinski definition) is 6. The number of carbonyl (C=O) groups is 3. The van der Waals surface area contributed by atoms with E-state index in [2.05, 4.69) is 13.8 Å². The molecule has 0 saturated heterocycles. The van der Waals surface area contributed by atoms with Crippen LogP contribution >= 0.6 is 0 Å². The summed E-state index contributed by atoms with van der Waals surface area (Å²) in [4.78, 5) is 36.8. The van der Waals surface area contributed by atoms with Gasteiger partial charge in [-0.05, 0) is 12.8 Å². The molecular formula is C40H78NO7+. The molecule has 0 heterocycles. The Hall–Kier alpha value is -1.67. The van der Waals surface area contributed by atoms with Gasteiger partial charge in [0.15, 0.2) is 12.1 Å². The fourth-order valence-corrected chi connectivity index (χ4v) is 6.09. The van der Waals surface area contributed by atoms with E-state index < -0.39 is 18.1 Å². The SMILES string of the molecule is CCCCCCCCCCCCCCCC(=O)OCC(COCCC(C(=O)O)[N+](C)(C)C)OC(=O)CCCCCCCCCCCCC. The summed E-state index contributed by atoms with van der Waals surface area (Å²) < 4.78 is 17.2.